The smallest absolute Gasteiger partial charge is 0.0462 e. The van der Waals surface area contributed by atoms with Crippen LogP contribution in [0.3, 0.4) is 0 Å². The van der Waals surface area contributed by atoms with E-state index in [9.17, 15) is 0 Å². The quantitative estimate of drug-likeness (QED) is 0.440. The Labute approximate surface area is 104 Å². The number of rotatable bonds is 9. The molecule has 0 spiro atoms. The van der Waals surface area contributed by atoms with Crippen LogP contribution < -0.4 is 0 Å². The van der Waals surface area contributed by atoms with Gasteiger partial charge >= 0.3 is 0 Å². The summed E-state index contributed by atoms with van der Waals surface area (Å²) in [7, 11) is 1.74. The van der Waals surface area contributed by atoms with Crippen LogP contribution in [-0.2, 0) is 4.74 Å². The predicted molar refractivity (Wildman–Crippen MR) is 69.1 cm³/mol. The van der Waals surface area contributed by atoms with E-state index < -0.39 is 0 Å². The van der Waals surface area contributed by atoms with Gasteiger partial charge in [0.15, 0.2) is 0 Å². The number of unbranched alkanes of at least 4 members (excludes halogenated alkanes) is 1. The Morgan fingerprint density at radius 2 is 1.73 bits per heavy atom. The molecule has 0 N–H and O–H groups in total. The summed E-state index contributed by atoms with van der Waals surface area (Å²) in [6.07, 6.45) is 4.48. The SMILES string of the molecule is COCCCCC(CCl)(CCl)CC(C)C. The molecule has 0 aliphatic rings. The first-order valence-electron chi connectivity index (χ1n) is 5.71. The molecular weight excluding hydrogens is 231 g/mol. The lowest BCUT2D eigenvalue weighted by atomic mass is 9.79. The Bertz CT molecular complexity index is 145. The second-order valence-electron chi connectivity index (χ2n) is 4.82. The number of ether oxygens (including phenoxy) is 1. The van der Waals surface area contributed by atoms with E-state index in [2.05, 4.69) is 13.8 Å². The Morgan fingerprint density at radius 3 is 2.13 bits per heavy atom. The van der Waals surface area contributed by atoms with Gasteiger partial charge in [0.1, 0.15) is 0 Å². The molecule has 0 fully saturated rings. The third kappa shape index (κ3) is 6.65. The van der Waals surface area contributed by atoms with Gasteiger partial charge in [0.25, 0.3) is 0 Å². The molecule has 0 aliphatic heterocycles. The van der Waals surface area contributed by atoms with E-state index in [0.29, 0.717) is 17.7 Å². The van der Waals surface area contributed by atoms with Crippen LogP contribution in [0.2, 0.25) is 0 Å². The van der Waals surface area contributed by atoms with Gasteiger partial charge in [-0.1, -0.05) is 20.3 Å². The van der Waals surface area contributed by atoms with E-state index in [4.69, 9.17) is 27.9 Å². The second-order valence-corrected chi connectivity index (χ2v) is 5.35. The van der Waals surface area contributed by atoms with Crippen molar-refractivity contribution < 1.29 is 4.74 Å². The highest BCUT2D eigenvalue weighted by atomic mass is 35.5. The van der Waals surface area contributed by atoms with Gasteiger partial charge in [-0.25, -0.2) is 0 Å². The maximum Gasteiger partial charge on any atom is 0.0462 e. The van der Waals surface area contributed by atoms with Gasteiger partial charge < -0.3 is 4.74 Å². The highest BCUT2D eigenvalue weighted by Crippen LogP contribution is 2.35. The highest BCUT2D eigenvalue weighted by Gasteiger charge is 2.28. The molecule has 0 amide bonds. The number of halogens is 2. The van der Waals surface area contributed by atoms with Gasteiger partial charge in [0.05, 0.1) is 0 Å². The summed E-state index contributed by atoms with van der Waals surface area (Å²) in [4.78, 5) is 0. The van der Waals surface area contributed by atoms with E-state index in [-0.39, 0.29) is 5.41 Å². The van der Waals surface area contributed by atoms with Crippen LogP contribution in [0.15, 0.2) is 0 Å². The number of hydrogen-bond donors (Lipinski definition) is 0. The summed E-state index contributed by atoms with van der Waals surface area (Å²) in [5, 5.41) is 0. The standard InChI is InChI=1S/C12H24Cl2O/c1-11(2)8-12(9-13,10-14)6-4-5-7-15-3/h11H,4-10H2,1-3H3. The molecule has 92 valence electrons. The predicted octanol–water partition coefficient (Wildman–Crippen LogP) is 4.31. The van der Waals surface area contributed by atoms with Crippen molar-refractivity contribution in [3.05, 3.63) is 0 Å². The topological polar surface area (TPSA) is 9.23 Å². The lowest BCUT2D eigenvalue weighted by Gasteiger charge is -2.31. The molecule has 0 atom stereocenters. The zero-order valence-corrected chi connectivity index (χ0v) is 11.7. The molecule has 0 radical (unpaired) electrons. The number of alkyl halides is 2. The van der Waals surface area contributed by atoms with Crippen LogP contribution in [0.4, 0.5) is 0 Å². The molecule has 0 aromatic heterocycles. The highest BCUT2D eigenvalue weighted by molar-refractivity contribution is 6.21. The lowest BCUT2D eigenvalue weighted by Crippen LogP contribution is -2.27. The Morgan fingerprint density at radius 1 is 1.13 bits per heavy atom. The Kier molecular flexibility index (Phi) is 8.98. The summed E-state index contributed by atoms with van der Waals surface area (Å²) in [6, 6.07) is 0. The minimum absolute atomic E-state index is 0.130. The van der Waals surface area contributed by atoms with E-state index in [1.165, 1.54) is 0 Å². The monoisotopic (exact) mass is 254 g/mol. The molecule has 15 heavy (non-hydrogen) atoms. The first-order chi connectivity index (χ1) is 7.10. The van der Waals surface area contributed by atoms with Crippen molar-refractivity contribution in [2.24, 2.45) is 11.3 Å². The third-order valence-electron chi connectivity index (χ3n) is 2.71. The van der Waals surface area contributed by atoms with Crippen molar-refractivity contribution in [1.29, 1.82) is 0 Å². The van der Waals surface area contributed by atoms with Gasteiger partial charge in [0, 0.05) is 25.5 Å². The summed E-state index contributed by atoms with van der Waals surface area (Å²) in [5.74, 6) is 1.99. The molecule has 0 saturated carbocycles. The van der Waals surface area contributed by atoms with Crippen LogP contribution in [0.5, 0.6) is 0 Å². The van der Waals surface area contributed by atoms with E-state index in [1.54, 1.807) is 7.11 Å². The molecule has 0 rings (SSSR count). The van der Waals surface area contributed by atoms with Crippen LogP contribution in [0.25, 0.3) is 0 Å². The van der Waals surface area contributed by atoms with Crippen molar-refractivity contribution in [3.8, 4) is 0 Å². The van der Waals surface area contributed by atoms with Crippen molar-refractivity contribution in [3.63, 3.8) is 0 Å². The van der Waals surface area contributed by atoms with Crippen molar-refractivity contribution in [2.75, 3.05) is 25.5 Å². The maximum absolute atomic E-state index is 6.07. The first kappa shape index (κ1) is 15.5. The van der Waals surface area contributed by atoms with Crippen LogP contribution in [-0.4, -0.2) is 25.5 Å². The number of hydrogen-bond acceptors (Lipinski definition) is 1. The molecule has 0 aliphatic carbocycles. The molecule has 3 heteroatoms. The van der Waals surface area contributed by atoms with Crippen molar-refractivity contribution >= 4 is 23.2 Å². The molecular formula is C12H24Cl2O. The second kappa shape index (κ2) is 8.66. The van der Waals surface area contributed by atoms with Gasteiger partial charge in [-0.2, -0.15) is 0 Å². The molecule has 0 aromatic rings. The summed E-state index contributed by atoms with van der Waals surface area (Å²) in [5.41, 5.74) is 0.130. The number of methoxy groups -OCH3 is 1. The van der Waals surface area contributed by atoms with Crippen LogP contribution in [0, 0.1) is 11.3 Å². The normalized spacial score (nSPS) is 12.4. The Hall–Kier alpha value is 0.540. The fourth-order valence-corrected chi connectivity index (χ4v) is 2.76. The maximum atomic E-state index is 6.07. The minimum Gasteiger partial charge on any atom is -0.385 e. The lowest BCUT2D eigenvalue weighted by molar-refractivity contribution is 0.182. The van der Waals surface area contributed by atoms with E-state index >= 15 is 0 Å². The van der Waals surface area contributed by atoms with Crippen LogP contribution in [0.1, 0.15) is 39.5 Å². The van der Waals surface area contributed by atoms with Gasteiger partial charge in [-0.3, -0.25) is 0 Å². The molecule has 0 aromatic carbocycles. The molecule has 1 nitrogen and oxygen atoms in total. The van der Waals surface area contributed by atoms with Crippen LogP contribution >= 0.6 is 23.2 Å². The van der Waals surface area contributed by atoms with E-state index in [1.807, 2.05) is 0 Å². The summed E-state index contributed by atoms with van der Waals surface area (Å²) < 4.78 is 5.04. The van der Waals surface area contributed by atoms with Crippen molar-refractivity contribution in [1.82, 2.24) is 0 Å². The fourth-order valence-electron chi connectivity index (χ4n) is 1.99. The molecule has 0 heterocycles. The Balaban J connectivity index is 4.00. The molecule has 0 saturated heterocycles. The zero-order valence-electron chi connectivity index (χ0n) is 10.2. The largest absolute Gasteiger partial charge is 0.385 e. The zero-order chi connectivity index (χ0) is 11.7. The summed E-state index contributed by atoms with van der Waals surface area (Å²) >= 11 is 12.1. The fraction of sp³-hybridized carbons (Fsp3) is 1.00. The van der Waals surface area contributed by atoms with Gasteiger partial charge in [-0.15, -0.1) is 23.2 Å². The minimum atomic E-state index is 0.130. The van der Waals surface area contributed by atoms with Gasteiger partial charge in [-0.05, 0) is 30.6 Å². The van der Waals surface area contributed by atoms with Crippen molar-refractivity contribution in [2.45, 2.75) is 39.5 Å². The van der Waals surface area contributed by atoms with Gasteiger partial charge in [0.2, 0.25) is 0 Å². The van der Waals surface area contributed by atoms with E-state index in [0.717, 1.165) is 32.3 Å². The average Bonchev–Trinajstić information content (AvgIpc) is 2.22. The third-order valence-corrected chi connectivity index (χ3v) is 3.85. The molecule has 0 bridgehead atoms. The first-order valence-corrected chi connectivity index (χ1v) is 6.78. The molecule has 0 unspecified atom stereocenters. The average molecular weight is 255 g/mol. The summed E-state index contributed by atoms with van der Waals surface area (Å²) in [6.45, 7) is 5.29.